The van der Waals surface area contributed by atoms with E-state index >= 15 is 0 Å². The summed E-state index contributed by atoms with van der Waals surface area (Å²) in [6.07, 6.45) is 3.45. The third-order valence-electron chi connectivity index (χ3n) is 5.64. The third kappa shape index (κ3) is 3.56. The molecular formula is C23H22N6O2. The Morgan fingerprint density at radius 2 is 2.00 bits per heavy atom. The number of fused-ring (bicyclic) bond motifs is 2. The van der Waals surface area contributed by atoms with E-state index in [4.69, 9.17) is 0 Å². The molecule has 4 heterocycles. The van der Waals surface area contributed by atoms with Crippen LogP contribution in [0.3, 0.4) is 0 Å². The molecule has 0 spiro atoms. The van der Waals surface area contributed by atoms with E-state index in [1.54, 1.807) is 17.3 Å². The molecule has 8 nitrogen and oxygen atoms in total. The number of nitrogens with one attached hydrogen (secondary N) is 2. The van der Waals surface area contributed by atoms with Gasteiger partial charge >= 0.3 is 0 Å². The highest BCUT2D eigenvalue weighted by Crippen LogP contribution is 2.27. The van der Waals surface area contributed by atoms with Gasteiger partial charge in [-0.3, -0.25) is 14.6 Å². The van der Waals surface area contributed by atoms with Crippen molar-refractivity contribution in [2.45, 2.75) is 26.1 Å². The summed E-state index contributed by atoms with van der Waals surface area (Å²) in [4.78, 5) is 39.5. The van der Waals surface area contributed by atoms with Crippen LogP contribution in [0.4, 0.5) is 0 Å². The van der Waals surface area contributed by atoms with Crippen molar-refractivity contribution >= 4 is 22.7 Å². The smallest absolute Gasteiger partial charge is 0.271 e. The molecule has 8 heteroatoms. The lowest BCUT2D eigenvalue weighted by Gasteiger charge is -2.33. The van der Waals surface area contributed by atoms with Gasteiger partial charge in [-0.15, -0.1) is 0 Å². The first kappa shape index (κ1) is 19.0. The van der Waals surface area contributed by atoms with Crippen molar-refractivity contribution in [3.8, 4) is 0 Å². The number of pyridine rings is 1. The number of amides is 2. The van der Waals surface area contributed by atoms with Gasteiger partial charge in [0.2, 0.25) is 0 Å². The third-order valence-corrected chi connectivity index (χ3v) is 5.64. The van der Waals surface area contributed by atoms with Crippen molar-refractivity contribution < 1.29 is 9.59 Å². The molecule has 1 aromatic carbocycles. The van der Waals surface area contributed by atoms with Crippen molar-refractivity contribution in [2.24, 2.45) is 0 Å². The average Bonchev–Trinajstić information content (AvgIpc) is 3.43. The maximum Gasteiger partial charge on any atom is 0.271 e. The van der Waals surface area contributed by atoms with Gasteiger partial charge in [0.25, 0.3) is 11.8 Å². The van der Waals surface area contributed by atoms with Crippen molar-refractivity contribution in [3.05, 3.63) is 83.8 Å². The number of hydrogen-bond acceptors (Lipinski definition) is 4. The summed E-state index contributed by atoms with van der Waals surface area (Å²) >= 11 is 0. The summed E-state index contributed by atoms with van der Waals surface area (Å²) in [6.45, 7) is 3.41. The molecule has 1 unspecified atom stereocenters. The summed E-state index contributed by atoms with van der Waals surface area (Å²) in [5.74, 6) is 0.381. The topological polar surface area (TPSA) is 95.9 Å². The number of para-hydroxylation sites is 1. The number of imidazole rings is 1. The number of benzene rings is 1. The van der Waals surface area contributed by atoms with Crippen LogP contribution in [0.5, 0.6) is 0 Å². The van der Waals surface area contributed by atoms with E-state index in [1.807, 2.05) is 60.0 Å². The van der Waals surface area contributed by atoms with Crippen molar-refractivity contribution in [3.63, 3.8) is 0 Å². The highest BCUT2D eigenvalue weighted by atomic mass is 16.2. The maximum atomic E-state index is 13.2. The molecule has 0 saturated carbocycles. The molecule has 0 fully saturated rings. The summed E-state index contributed by atoms with van der Waals surface area (Å²) < 4.78 is 1.95. The summed E-state index contributed by atoms with van der Waals surface area (Å²) in [5.41, 5.74) is 2.62. The first-order chi connectivity index (χ1) is 15.1. The molecule has 31 heavy (non-hydrogen) atoms. The van der Waals surface area contributed by atoms with E-state index < -0.39 is 0 Å². The average molecular weight is 414 g/mol. The molecule has 0 saturated heterocycles. The van der Waals surface area contributed by atoms with Gasteiger partial charge in [-0.1, -0.05) is 24.3 Å². The number of aromatic nitrogens is 4. The summed E-state index contributed by atoms with van der Waals surface area (Å²) in [6, 6.07) is 15.0. The lowest BCUT2D eigenvalue weighted by molar-refractivity contribution is 0.0632. The molecular weight excluding hydrogens is 392 g/mol. The van der Waals surface area contributed by atoms with Crippen LogP contribution in [0, 0.1) is 0 Å². The minimum absolute atomic E-state index is 0.0703. The van der Waals surface area contributed by atoms with E-state index in [-0.39, 0.29) is 17.9 Å². The molecule has 156 valence electrons. The summed E-state index contributed by atoms with van der Waals surface area (Å²) in [5, 5.41) is 3.85. The molecule has 0 radical (unpaired) electrons. The van der Waals surface area contributed by atoms with Crippen LogP contribution < -0.4 is 5.32 Å². The number of rotatable bonds is 4. The zero-order valence-corrected chi connectivity index (χ0v) is 17.1. The second-order valence-electron chi connectivity index (χ2n) is 7.63. The summed E-state index contributed by atoms with van der Waals surface area (Å²) in [7, 11) is 0. The minimum atomic E-state index is -0.256. The fourth-order valence-electron chi connectivity index (χ4n) is 3.99. The van der Waals surface area contributed by atoms with Gasteiger partial charge in [-0.2, -0.15) is 0 Å². The molecule has 1 atom stereocenters. The Morgan fingerprint density at radius 3 is 2.81 bits per heavy atom. The Balaban J connectivity index is 1.32. The molecule has 5 rings (SSSR count). The predicted molar refractivity (Wildman–Crippen MR) is 115 cm³/mol. The Hall–Kier alpha value is -3.94. The van der Waals surface area contributed by atoms with Crippen LogP contribution in [-0.2, 0) is 13.1 Å². The van der Waals surface area contributed by atoms with Crippen LogP contribution in [-0.4, -0.2) is 42.8 Å². The van der Waals surface area contributed by atoms with E-state index in [1.165, 1.54) is 0 Å². The minimum Gasteiger partial charge on any atom is -0.351 e. The van der Waals surface area contributed by atoms with Gasteiger partial charge in [0.15, 0.2) is 0 Å². The van der Waals surface area contributed by atoms with E-state index in [0.717, 1.165) is 16.6 Å². The largest absolute Gasteiger partial charge is 0.351 e. The molecule has 1 aliphatic heterocycles. The first-order valence-electron chi connectivity index (χ1n) is 10.2. The molecule has 0 aliphatic carbocycles. The normalized spacial score (nSPS) is 15.6. The van der Waals surface area contributed by atoms with E-state index in [2.05, 4.69) is 20.3 Å². The maximum absolute atomic E-state index is 13.2. The zero-order valence-electron chi connectivity index (χ0n) is 17.1. The van der Waals surface area contributed by atoms with Crippen molar-refractivity contribution in [1.29, 1.82) is 0 Å². The highest BCUT2D eigenvalue weighted by molar-refractivity contribution is 5.98. The standard InChI is InChI=1S/C23H22N6O2/c1-15-21-27-20(22(30)25-13-17-7-4-5-9-24-17)14-28(21)10-11-29(15)23(31)19-12-16-6-2-3-8-18(16)26-19/h2-9,12,14-15,26H,10-11,13H2,1H3,(H,25,30). The van der Waals surface area contributed by atoms with Crippen molar-refractivity contribution in [1.82, 2.24) is 29.7 Å². The zero-order chi connectivity index (χ0) is 21.4. The van der Waals surface area contributed by atoms with Gasteiger partial charge in [0, 0.05) is 36.4 Å². The Morgan fingerprint density at radius 1 is 1.16 bits per heavy atom. The molecule has 2 amide bonds. The van der Waals surface area contributed by atoms with Crippen LogP contribution in [0.15, 0.2) is 60.9 Å². The van der Waals surface area contributed by atoms with Crippen LogP contribution in [0.25, 0.3) is 10.9 Å². The fraction of sp³-hybridized carbons (Fsp3) is 0.217. The van der Waals surface area contributed by atoms with Gasteiger partial charge in [-0.05, 0) is 31.2 Å². The second-order valence-corrected chi connectivity index (χ2v) is 7.63. The molecule has 2 N–H and O–H groups in total. The van der Waals surface area contributed by atoms with E-state index in [0.29, 0.717) is 36.8 Å². The van der Waals surface area contributed by atoms with Crippen LogP contribution >= 0.6 is 0 Å². The number of carbonyl (C=O) groups excluding carboxylic acids is 2. The molecule has 4 aromatic rings. The number of hydrogen-bond donors (Lipinski definition) is 2. The Bertz CT molecular complexity index is 1230. The Kier molecular flexibility index (Phi) is 4.74. The predicted octanol–water partition coefficient (Wildman–Crippen LogP) is 2.91. The van der Waals surface area contributed by atoms with Gasteiger partial charge < -0.3 is 19.8 Å². The second kappa shape index (κ2) is 7.71. The first-order valence-corrected chi connectivity index (χ1v) is 10.2. The highest BCUT2D eigenvalue weighted by Gasteiger charge is 2.31. The molecule has 3 aromatic heterocycles. The number of aromatic amines is 1. The number of nitrogens with zero attached hydrogens (tertiary/aromatic N) is 4. The van der Waals surface area contributed by atoms with Crippen molar-refractivity contribution in [2.75, 3.05) is 6.54 Å². The van der Waals surface area contributed by atoms with Crippen LogP contribution in [0.1, 0.15) is 45.5 Å². The van der Waals surface area contributed by atoms with Gasteiger partial charge in [0.1, 0.15) is 17.2 Å². The monoisotopic (exact) mass is 414 g/mol. The SMILES string of the molecule is CC1c2nc(C(=O)NCc3ccccn3)cn2CCN1C(=O)c1cc2ccccc2[nH]1. The lowest BCUT2D eigenvalue weighted by Crippen LogP contribution is -2.41. The molecule has 1 aliphatic rings. The van der Waals surface area contributed by atoms with Crippen LogP contribution in [0.2, 0.25) is 0 Å². The van der Waals surface area contributed by atoms with Gasteiger partial charge in [-0.25, -0.2) is 4.98 Å². The Labute approximate surface area is 178 Å². The fourth-order valence-corrected chi connectivity index (χ4v) is 3.99. The quantitative estimate of drug-likeness (QED) is 0.537. The number of H-pyrrole nitrogens is 1. The molecule has 0 bridgehead atoms. The van der Waals surface area contributed by atoms with Gasteiger partial charge in [0.05, 0.1) is 18.3 Å². The lowest BCUT2D eigenvalue weighted by atomic mass is 10.2. The number of carbonyl (C=O) groups is 2. The van der Waals surface area contributed by atoms with E-state index in [9.17, 15) is 9.59 Å².